The van der Waals surface area contributed by atoms with E-state index in [9.17, 15) is 9.18 Å². The summed E-state index contributed by atoms with van der Waals surface area (Å²) in [6.45, 7) is 7.34. The van der Waals surface area contributed by atoms with Gasteiger partial charge in [-0.15, -0.1) is 0 Å². The number of hydrogen-bond acceptors (Lipinski definition) is 6. The topological polar surface area (TPSA) is 94.2 Å². The van der Waals surface area contributed by atoms with Crippen LogP contribution in [0.3, 0.4) is 0 Å². The van der Waals surface area contributed by atoms with Crippen LogP contribution < -0.4 is 11.2 Å². The summed E-state index contributed by atoms with van der Waals surface area (Å²) in [4.78, 5) is 18.5. The lowest BCUT2D eigenvalue weighted by molar-refractivity contribution is -0.122. The van der Waals surface area contributed by atoms with E-state index in [0.29, 0.717) is 30.9 Å². The van der Waals surface area contributed by atoms with Crippen LogP contribution in [0.4, 0.5) is 4.39 Å². The van der Waals surface area contributed by atoms with Crippen molar-refractivity contribution >= 4 is 17.8 Å². The molecule has 0 aliphatic carbocycles. The quantitative estimate of drug-likeness (QED) is 0.481. The van der Waals surface area contributed by atoms with Crippen molar-refractivity contribution in [2.24, 2.45) is 10.7 Å². The fourth-order valence-electron chi connectivity index (χ4n) is 2.50. The largest absolute Gasteiger partial charge is 0.404 e. The maximum absolute atomic E-state index is 13.2. The van der Waals surface area contributed by atoms with Crippen molar-refractivity contribution in [1.29, 1.82) is 0 Å². The third-order valence-corrected chi connectivity index (χ3v) is 4.01. The molecule has 0 aromatic heterocycles. The van der Waals surface area contributed by atoms with Gasteiger partial charge in [0.25, 0.3) is 5.91 Å². The number of nitrogens with one attached hydrogen (secondary N) is 1. The molecule has 1 amide bonds. The highest BCUT2D eigenvalue weighted by Gasteiger charge is 2.18. The molecule has 8 heteroatoms. The van der Waals surface area contributed by atoms with Crippen molar-refractivity contribution < 1.29 is 14.3 Å². The molecule has 2 rings (SSSR count). The Bertz CT molecular complexity index is 697. The summed E-state index contributed by atoms with van der Waals surface area (Å²) >= 11 is 0. The minimum Gasteiger partial charge on any atom is -0.404 e. The van der Waals surface area contributed by atoms with Gasteiger partial charge >= 0.3 is 0 Å². The molecule has 1 aromatic rings. The first-order valence-electron chi connectivity index (χ1n) is 8.33. The number of carbonyl (C=O) groups excluding carboxylic acids is 1. The number of carbonyl (C=O) groups is 1. The average molecular weight is 361 g/mol. The van der Waals surface area contributed by atoms with E-state index in [1.54, 1.807) is 17.1 Å². The van der Waals surface area contributed by atoms with Crippen LogP contribution in [-0.4, -0.2) is 66.5 Å². The van der Waals surface area contributed by atoms with Crippen LogP contribution in [0, 0.1) is 5.82 Å². The van der Waals surface area contributed by atoms with Gasteiger partial charge < -0.3 is 10.8 Å². The first-order valence-corrected chi connectivity index (χ1v) is 8.33. The second kappa shape index (κ2) is 9.81. The van der Waals surface area contributed by atoms with E-state index < -0.39 is 0 Å². The van der Waals surface area contributed by atoms with Gasteiger partial charge in [-0.25, -0.2) is 9.40 Å². The van der Waals surface area contributed by atoms with Crippen molar-refractivity contribution in [3.63, 3.8) is 0 Å². The Morgan fingerprint density at radius 1 is 1.38 bits per heavy atom. The van der Waals surface area contributed by atoms with Crippen LogP contribution in [0.5, 0.6) is 0 Å². The minimum atomic E-state index is -0.383. The van der Waals surface area contributed by atoms with Crippen molar-refractivity contribution in [3.8, 4) is 0 Å². The van der Waals surface area contributed by atoms with Crippen molar-refractivity contribution in [3.05, 3.63) is 54.0 Å². The molecule has 0 bridgehead atoms. The lowest BCUT2D eigenvalue weighted by Crippen LogP contribution is -2.54. The summed E-state index contributed by atoms with van der Waals surface area (Å²) in [6, 6.07) is 5.89. The number of benzene rings is 1. The summed E-state index contributed by atoms with van der Waals surface area (Å²) in [6.07, 6.45) is 2.48. The molecule has 7 nitrogen and oxygen atoms in total. The molecule has 1 aliphatic rings. The maximum Gasteiger partial charge on any atom is 0.268 e. The van der Waals surface area contributed by atoms with Crippen molar-refractivity contribution in [2.45, 2.75) is 0 Å². The van der Waals surface area contributed by atoms with E-state index in [1.165, 1.54) is 24.5 Å². The number of rotatable bonds is 7. The zero-order valence-electron chi connectivity index (χ0n) is 14.6. The van der Waals surface area contributed by atoms with E-state index in [0.717, 1.165) is 13.1 Å². The smallest absolute Gasteiger partial charge is 0.268 e. The number of β-amino-alcohol motifs (C(OH)–C–C–N with tert-alkyl or cyclic N) is 1. The molecule has 0 atom stereocenters. The first-order chi connectivity index (χ1) is 12.5. The van der Waals surface area contributed by atoms with Gasteiger partial charge in [0.2, 0.25) is 0 Å². The molecule has 140 valence electrons. The number of hydrazine groups is 1. The van der Waals surface area contributed by atoms with Crippen LogP contribution in [0.15, 0.2) is 47.6 Å². The second-order valence-corrected chi connectivity index (χ2v) is 5.83. The van der Waals surface area contributed by atoms with Gasteiger partial charge in [0.05, 0.1) is 17.9 Å². The Labute approximate surface area is 152 Å². The lowest BCUT2D eigenvalue weighted by atomic mass is 10.2. The highest BCUT2D eigenvalue weighted by molar-refractivity contribution is 6.12. The molecule has 1 fully saturated rings. The Morgan fingerprint density at radius 2 is 2.12 bits per heavy atom. The molecular weight excluding hydrogens is 337 g/mol. The van der Waals surface area contributed by atoms with Crippen LogP contribution in [-0.2, 0) is 4.79 Å². The molecule has 1 heterocycles. The predicted octanol–water partition coefficient (Wildman–Crippen LogP) is 0.351. The minimum absolute atomic E-state index is 0.123. The molecule has 1 aromatic carbocycles. The molecule has 26 heavy (non-hydrogen) atoms. The third kappa shape index (κ3) is 5.76. The fourth-order valence-corrected chi connectivity index (χ4v) is 2.50. The lowest BCUT2D eigenvalue weighted by Gasteiger charge is -2.34. The maximum atomic E-state index is 13.2. The number of amides is 1. The normalized spacial score (nSPS) is 16.8. The van der Waals surface area contributed by atoms with Crippen LogP contribution >= 0.6 is 0 Å². The number of nitrogens with zero attached hydrogens (tertiary/aromatic N) is 3. The number of aliphatic hydroxyl groups is 1. The standard InChI is InChI=1S/C18H24FN5O2/c1-14(15-3-2-4-17(19)11-15)21-13-16(12-20)18(26)22-24-7-5-23(6-8-24)9-10-25/h2-4,11-13,25H,1,5-10,20H2,(H,22,26)/b16-12+,21-13-. The number of nitrogens with two attached hydrogens (primary N) is 1. The van der Waals surface area contributed by atoms with E-state index in [1.807, 2.05) is 0 Å². The molecule has 0 spiro atoms. The number of hydrogen-bond donors (Lipinski definition) is 3. The van der Waals surface area contributed by atoms with Crippen molar-refractivity contribution in [2.75, 3.05) is 39.3 Å². The van der Waals surface area contributed by atoms with E-state index in [4.69, 9.17) is 10.8 Å². The summed E-state index contributed by atoms with van der Waals surface area (Å²) in [7, 11) is 0. The first kappa shape index (κ1) is 19.8. The van der Waals surface area contributed by atoms with Crippen molar-refractivity contribution in [1.82, 2.24) is 15.3 Å². The SMILES string of the molecule is C=C(/N=C\C(=C/N)C(=O)NN1CCN(CCO)CC1)c1cccc(F)c1. The number of aliphatic hydroxyl groups excluding tert-OH is 1. The van der Waals surface area contributed by atoms with Gasteiger partial charge in [-0.1, -0.05) is 18.7 Å². The fraction of sp³-hybridized carbons (Fsp3) is 0.333. The van der Waals surface area contributed by atoms with Gasteiger partial charge in [-0.05, 0) is 12.1 Å². The van der Waals surface area contributed by atoms with Crippen LogP contribution in [0.1, 0.15) is 5.56 Å². The Hall–Kier alpha value is -2.55. The van der Waals surface area contributed by atoms with Crippen LogP contribution in [0.25, 0.3) is 5.70 Å². The second-order valence-electron chi connectivity index (χ2n) is 5.83. The Morgan fingerprint density at radius 3 is 2.73 bits per heavy atom. The van der Waals surface area contributed by atoms with Gasteiger partial charge in [0.1, 0.15) is 5.82 Å². The van der Waals surface area contributed by atoms with E-state index in [-0.39, 0.29) is 23.9 Å². The molecular formula is C18H24FN5O2. The molecule has 0 unspecified atom stereocenters. The molecule has 4 N–H and O–H groups in total. The highest BCUT2D eigenvalue weighted by atomic mass is 19.1. The summed E-state index contributed by atoms with van der Waals surface area (Å²) in [5, 5.41) is 10.7. The number of piperazine rings is 1. The molecule has 1 saturated heterocycles. The molecule has 1 aliphatic heterocycles. The summed E-state index contributed by atoms with van der Waals surface area (Å²) in [5.74, 6) is -0.759. The zero-order valence-corrected chi connectivity index (χ0v) is 14.6. The Balaban J connectivity index is 1.90. The number of aliphatic imine (C=N–C) groups is 1. The summed E-state index contributed by atoms with van der Waals surface area (Å²) in [5.41, 5.74) is 9.35. The van der Waals surface area contributed by atoms with E-state index in [2.05, 4.69) is 21.9 Å². The van der Waals surface area contributed by atoms with E-state index >= 15 is 0 Å². The monoisotopic (exact) mass is 361 g/mol. The van der Waals surface area contributed by atoms with Gasteiger partial charge in [0, 0.05) is 50.7 Å². The third-order valence-electron chi connectivity index (χ3n) is 4.01. The Kier molecular flexibility index (Phi) is 7.46. The van der Waals surface area contributed by atoms with Crippen LogP contribution in [0.2, 0.25) is 0 Å². The summed E-state index contributed by atoms with van der Waals surface area (Å²) < 4.78 is 13.2. The average Bonchev–Trinajstić information content (AvgIpc) is 2.64. The van der Waals surface area contributed by atoms with Gasteiger partial charge in [0.15, 0.2) is 0 Å². The molecule has 0 saturated carbocycles. The van der Waals surface area contributed by atoms with Gasteiger partial charge in [-0.3, -0.25) is 20.1 Å². The molecule has 0 radical (unpaired) electrons. The predicted molar refractivity (Wildman–Crippen MR) is 99.4 cm³/mol. The zero-order chi connectivity index (χ0) is 18.9. The highest BCUT2D eigenvalue weighted by Crippen LogP contribution is 2.14. The van der Waals surface area contributed by atoms with Gasteiger partial charge in [-0.2, -0.15) is 0 Å². The number of halogens is 1.